The van der Waals surface area contributed by atoms with Crippen LogP contribution in [0.15, 0.2) is 16.8 Å². The van der Waals surface area contributed by atoms with Crippen molar-refractivity contribution in [2.45, 2.75) is 46.5 Å². The van der Waals surface area contributed by atoms with E-state index in [9.17, 15) is 9.90 Å². The van der Waals surface area contributed by atoms with Gasteiger partial charge in [0.2, 0.25) is 0 Å². The number of hydrogen-bond acceptors (Lipinski definition) is 5. The van der Waals surface area contributed by atoms with Crippen molar-refractivity contribution in [1.29, 1.82) is 0 Å². The van der Waals surface area contributed by atoms with E-state index in [1.165, 1.54) is 17.9 Å². The van der Waals surface area contributed by atoms with E-state index in [4.69, 9.17) is 4.74 Å². The fourth-order valence-corrected chi connectivity index (χ4v) is 3.84. The van der Waals surface area contributed by atoms with Gasteiger partial charge in [0.05, 0.1) is 12.2 Å². The van der Waals surface area contributed by atoms with Gasteiger partial charge in [-0.2, -0.15) is 0 Å². The zero-order chi connectivity index (χ0) is 17.4. The maximum atomic E-state index is 12.2. The molecule has 7 heteroatoms. The van der Waals surface area contributed by atoms with Gasteiger partial charge in [-0.05, 0) is 45.1 Å². The van der Waals surface area contributed by atoms with Crippen LogP contribution in [0.5, 0.6) is 0 Å². The summed E-state index contributed by atoms with van der Waals surface area (Å²) in [6, 6.07) is 0. The molecular weight excluding hydrogens is 477 g/mol. The van der Waals surface area contributed by atoms with Crippen molar-refractivity contribution in [2.24, 2.45) is 4.99 Å². The van der Waals surface area contributed by atoms with Crippen LogP contribution in [0.4, 0.5) is 5.00 Å². The third-order valence-corrected chi connectivity index (χ3v) is 4.51. The number of aliphatic imine (C=N–C) groups is 1. The van der Waals surface area contributed by atoms with Gasteiger partial charge in [-0.15, -0.1) is 17.1 Å². The molecule has 0 spiro atoms. The van der Waals surface area contributed by atoms with Gasteiger partial charge < -0.3 is 9.84 Å². The molecule has 1 heterocycles. The Morgan fingerprint density at radius 1 is 1.39 bits per heavy atom. The average molecular weight is 497 g/mol. The predicted octanol–water partition coefficient (Wildman–Crippen LogP) is 4.04. The standard InChI is InChI=1S/C16H21NO3S.Cu.HI/c1-4-20-16(19)14-12-7-5-6-8-13(12)21-15(14)17-10(2)9-11(3)18;;/h9,18H,4-8H2,1-3H3;;1H/q;+2;/p-2/b11-9-,17-10+;;. The van der Waals surface area contributed by atoms with Crippen molar-refractivity contribution in [3.8, 4) is 0 Å². The van der Waals surface area contributed by atoms with Crippen LogP contribution in [0.1, 0.15) is 54.4 Å². The summed E-state index contributed by atoms with van der Waals surface area (Å²) in [6.07, 6.45) is 5.63. The van der Waals surface area contributed by atoms with Crippen LogP contribution < -0.4 is 5.11 Å². The molecule has 0 bridgehead atoms. The molecule has 0 amide bonds. The average Bonchev–Trinajstić information content (AvgIpc) is 2.86. The van der Waals surface area contributed by atoms with Crippen molar-refractivity contribution in [1.82, 2.24) is 0 Å². The van der Waals surface area contributed by atoms with E-state index in [0.29, 0.717) is 22.9 Å². The van der Waals surface area contributed by atoms with Gasteiger partial charge in [0.15, 0.2) is 0 Å². The zero-order valence-corrected chi connectivity index (χ0v) is 17.3. The molecule has 0 atom stereocenters. The van der Waals surface area contributed by atoms with E-state index in [-0.39, 0.29) is 11.7 Å². The number of ether oxygens (including phenoxy) is 1. The first-order valence-electron chi connectivity index (χ1n) is 7.36. The van der Waals surface area contributed by atoms with Gasteiger partial charge >= 0.3 is 39.1 Å². The van der Waals surface area contributed by atoms with Crippen molar-refractivity contribution >= 4 is 48.4 Å². The second-order valence-electron chi connectivity index (χ2n) is 5.12. The maximum absolute atomic E-state index is 12.2. The van der Waals surface area contributed by atoms with Gasteiger partial charge in [0, 0.05) is 10.6 Å². The van der Waals surface area contributed by atoms with Crippen LogP contribution in [0.2, 0.25) is 0 Å². The second kappa shape index (κ2) is 10.5. The molecule has 1 aromatic heterocycles. The Morgan fingerprint density at radius 3 is 2.65 bits per heavy atom. The van der Waals surface area contributed by atoms with E-state index in [1.54, 1.807) is 45.5 Å². The molecule has 0 fully saturated rings. The molecule has 131 valence electrons. The number of thiophene rings is 1. The quantitative estimate of drug-likeness (QED) is 0.208. The van der Waals surface area contributed by atoms with Gasteiger partial charge in [-0.25, -0.2) is 9.79 Å². The topological polar surface area (TPSA) is 61.7 Å². The fraction of sp³-hybridized carbons (Fsp3) is 0.500. The Balaban J connectivity index is 0.00000127. The fourth-order valence-electron chi connectivity index (χ4n) is 2.53. The first-order valence-corrected chi connectivity index (χ1v) is 11.2. The first-order chi connectivity index (χ1) is 11.0. The molecule has 1 aliphatic carbocycles. The number of hydrogen-bond donors (Lipinski definition) is 0. The van der Waals surface area contributed by atoms with Crippen molar-refractivity contribution < 1.29 is 27.4 Å². The van der Waals surface area contributed by atoms with Crippen LogP contribution in [0.25, 0.3) is 0 Å². The summed E-state index contributed by atoms with van der Waals surface area (Å²) in [5.41, 5.74) is 2.32. The van der Waals surface area contributed by atoms with E-state index in [1.807, 2.05) is 0 Å². The summed E-state index contributed by atoms with van der Waals surface area (Å²) in [6.45, 7) is 5.42. The molecule has 1 aromatic rings. The van der Waals surface area contributed by atoms with Crippen LogP contribution in [-0.4, -0.2) is 18.3 Å². The van der Waals surface area contributed by atoms with Gasteiger partial charge in [0.25, 0.3) is 0 Å². The molecule has 0 aromatic carbocycles. The zero-order valence-electron chi connectivity index (χ0n) is 13.4. The molecule has 1 aliphatic rings. The number of esters is 1. The summed E-state index contributed by atoms with van der Waals surface area (Å²) in [5, 5.41) is 11.8. The Labute approximate surface area is 161 Å². The monoisotopic (exact) mass is 496 g/mol. The van der Waals surface area contributed by atoms with E-state index in [2.05, 4.69) is 17.8 Å². The van der Waals surface area contributed by atoms with Crippen LogP contribution in [0, 0.1) is 0 Å². The number of carbonyl (C=O) groups excluding carboxylic acids is 1. The second-order valence-corrected chi connectivity index (χ2v) is 6.20. The normalized spacial score (nSPS) is 14.7. The molecule has 0 aliphatic heterocycles. The summed E-state index contributed by atoms with van der Waals surface area (Å²) < 4.78 is 5.18. The van der Waals surface area contributed by atoms with Crippen LogP contribution in [0.3, 0.4) is 0 Å². The molecule has 0 saturated heterocycles. The van der Waals surface area contributed by atoms with Crippen LogP contribution in [-0.2, 0) is 30.3 Å². The number of allylic oxidation sites excluding steroid dienone is 2. The summed E-state index contributed by atoms with van der Waals surface area (Å²) >= 11 is 7.42. The number of fused-ring (bicyclic) bond motifs is 1. The third kappa shape index (κ3) is 5.89. The Morgan fingerprint density at radius 2 is 2.04 bits per heavy atom. The summed E-state index contributed by atoms with van der Waals surface area (Å²) in [4.78, 5) is 17.9. The number of aryl methyl sites for hydroxylation is 1. The summed E-state index contributed by atoms with van der Waals surface area (Å²) in [5.74, 6) is -0.346. The molecular formula is C16H20CuINO3S. The molecule has 0 radical (unpaired) electrons. The molecule has 0 unspecified atom stereocenters. The Kier molecular flexibility index (Phi) is 9.42. The van der Waals surface area contributed by atoms with Crippen molar-refractivity contribution in [2.75, 3.05) is 6.61 Å². The Hall–Kier alpha value is -0.371. The minimum absolute atomic E-state index is 0.0461. The van der Waals surface area contributed by atoms with Gasteiger partial charge in [-0.1, -0.05) is 13.0 Å². The SMILES string of the molecule is CCOC(=O)c1c(/N=C(C)/C=C(/C)[O-])sc2c1CCCC2.[Cu+][I]. The third-order valence-electron chi connectivity index (χ3n) is 3.32. The minimum atomic E-state index is -0.300. The van der Waals surface area contributed by atoms with Crippen molar-refractivity contribution in [3.05, 3.63) is 27.8 Å². The molecule has 23 heavy (non-hydrogen) atoms. The molecule has 2 rings (SSSR count). The van der Waals surface area contributed by atoms with Crippen molar-refractivity contribution in [3.63, 3.8) is 0 Å². The van der Waals surface area contributed by atoms with Gasteiger partial charge in [-0.3, -0.25) is 0 Å². The van der Waals surface area contributed by atoms with E-state index in [0.717, 1.165) is 31.2 Å². The molecule has 0 saturated carbocycles. The van der Waals surface area contributed by atoms with Crippen LogP contribution >= 0.6 is 31.7 Å². The number of halogens is 1. The number of nitrogens with zero attached hydrogens (tertiary/aromatic N) is 1. The number of carbonyl (C=O) groups is 1. The van der Waals surface area contributed by atoms with E-state index >= 15 is 0 Å². The van der Waals surface area contributed by atoms with Gasteiger partial charge in [0.1, 0.15) is 5.00 Å². The van der Waals surface area contributed by atoms with E-state index < -0.39 is 0 Å². The predicted molar refractivity (Wildman–Crippen MR) is 97.5 cm³/mol. The molecule has 4 nitrogen and oxygen atoms in total. The molecule has 0 N–H and O–H groups in total. The summed E-state index contributed by atoms with van der Waals surface area (Å²) in [7, 11) is 0. The Bertz CT molecular complexity index is 607. The number of rotatable bonds is 4. The first kappa shape index (κ1) is 20.7.